The summed E-state index contributed by atoms with van der Waals surface area (Å²) in [5, 5.41) is 0. The summed E-state index contributed by atoms with van der Waals surface area (Å²) < 4.78 is 33.6. The van der Waals surface area contributed by atoms with E-state index in [2.05, 4.69) is 4.72 Å². The largest absolute Gasteiger partial charge is 0.376 e. The Balaban J connectivity index is 1.81. The molecule has 2 unspecified atom stereocenters. The molecule has 0 amide bonds. The van der Waals surface area contributed by atoms with Gasteiger partial charge in [-0.05, 0) is 36.8 Å². The van der Waals surface area contributed by atoms with Crippen LogP contribution in [0.15, 0.2) is 29.2 Å². The van der Waals surface area contributed by atoms with Gasteiger partial charge in [0.05, 0.1) is 17.0 Å². The summed E-state index contributed by atoms with van der Waals surface area (Å²) >= 11 is 0. The van der Waals surface area contributed by atoms with Crippen LogP contribution in [0, 0.1) is 5.92 Å². The van der Waals surface area contributed by atoms with E-state index >= 15 is 0 Å². The highest BCUT2D eigenvalue weighted by atomic mass is 32.2. The van der Waals surface area contributed by atoms with Crippen molar-refractivity contribution in [1.82, 2.24) is 4.72 Å². The molecule has 0 aromatic heterocycles. The Bertz CT molecular complexity index is 584. The number of ether oxygens (including phenoxy) is 1. The fourth-order valence-electron chi connectivity index (χ4n) is 2.82. The van der Waals surface area contributed by atoms with Gasteiger partial charge in [0, 0.05) is 13.2 Å². The van der Waals surface area contributed by atoms with E-state index in [1.54, 1.807) is 24.3 Å². The van der Waals surface area contributed by atoms with Gasteiger partial charge in [-0.1, -0.05) is 18.2 Å². The average molecular weight is 296 g/mol. The van der Waals surface area contributed by atoms with E-state index in [9.17, 15) is 8.42 Å². The van der Waals surface area contributed by atoms with Crippen molar-refractivity contribution in [2.75, 3.05) is 6.61 Å². The fourth-order valence-corrected chi connectivity index (χ4v) is 4.36. The van der Waals surface area contributed by atoms with Crippen molar-refractivity contribution in [2.45, 2.75) is 42.8 Å². The Morgan fingerprint density at radius 2 is 2.00 bits per heavy atom. The maximum Gasteiger partial charge on any atom is 0.241 e. The van der Waals surface area contributed by atoms with E-state index in [0.29, 0.717) is 18.1 Å². The molecule has 6 heteroatoms. The number of sulfonamides is 1. The molecular weight excluding hydrogens is 276 g/mol. The Morgan fingerprint density at radius 3 is 2.70 bits per heavy atom. The third kappa shape index (κ3) is 2.74. The second kappa shape index (κ2) is 5.44. The second-order valence-electron chi connectivity index (χ2n) is 5.50. The minimum atomic E-state index is -3.54. The smallest absolute Gasteiger partial charge is 0.241 e. The Hall–Kier alpha value is -0.950. The normalized spacial score (nSPS) is 26.9. The van der Waals surface area contributed by atoms with Crippen LogP contribution in [0.2, 0.25) is 0 Å². The molecule has 5 nitrogen and oxygen atoms in total. The van der Waals surface area contributed by atoms with E-state index in [-0.39, 0.29) is 23.6 Å². The first-order valence-electron chi connectivity index (χ1n) is 7.04. The summed E-state index contributed by atoms with van der Waals surface area (Å²) in [6.45, 7) is 0.844. The van der Waals surface area contributed by atoms with Gasteiger partial charge in [0.1, 0.15) is 0 Å². The molecule has 0 radical (unpaired) electrons. The standard InChI is InChI=1S/C14H20N2O3S/c15-9-11-3-1-2-4-13(11)20(17,18)16-12-7-8-19-14(12)10-5-6-10/h1-4,10,12,14,16H,5-9,15H2. The summed E-state index contributed by atoms with van der Waals surface area (Å²) in [6.07, 6.45) is 3.06. The maximum atomic E-state index is 12.5. The van der Waals surface area contributed by atoms with Gasteiger partial charge in [-0.25, -0.2) is 13.1 Å². The van der Waals surface area contributed by atoms with E-state index in [0.717, 1.165) is 19.3 Å². The molecule has 1 aromatic carbocycles. The van der Waals surface area contributed by atoms with Gasteiger partial charge in [0.2, 0.25) is 10.0 Å². The monoisotopic (exact) mass is 296 g/mol. The molecule has 1 aliphatic heterocycles. The first kappa shape index (κ1) is 14.0. The van der Waals surface area contributed by atoms with Crippen LogP contribution in [0.25, 0.3) is 0 Å². The molecule has 3 N–H and O–H groups in total. The molecular formula is C14H20N2O3S. The van der Waals surface area contributed by atoms with Crippen molar-refractivity contribution in [2.24, 2.45) is 11.7 Å². The van der Waals surface area contributed by atoms with Crippen molar-refractivity contribution in [3.63, 3.8) is 0 Å². The molecule has 2 fully saturated rings. The summed E-state index contributed by atoms with van der Waals surface area (Å²) in [4.78, 5) is 0.281. The fraction of sp³-hybridized carbons (Fsp3) is 0.571. The summed E-state index contributed by atoms with van der Waals surface area (Å²) in [7, 11) is -3.54. The van der Waals surface area contributed by atoms with Crippen LogP contribution in [-0.2, 0) is 21.3 Å². The van der Waals surface area contributed by atoms with Gasteiger partial charge in [0.25, 0.3) is 0 Å². The van der Waals surface area contributed by atoms with E-state index < -0.39 is 10.0 Å². The lowest BCUT2D eigenvalue weighted by atomic mass is 10.1. The lowest BCUT2D eigenvalue weighted by molar-refractivity contribution is 0.0848. The van der Waals surface area contributed by atoms with Crippen LogP contribution in [0.5, 0.6) is 0 Å². The summed E-state index contributed by atoms with van der Waals surface area (Å²) in [5.74, 6) is 0.523. The number of nitrogens with one attached hydrogen (secondary N) is 1. The molecule has 0 bridgehead atoms. The first-order valence-corrected chi connectivity index (χ1v) is 8.52. The van der Waals surface area contributed by atoms with Crippen LogP contribution < -0.4 is 10.5 Å². The van der Waals surface area contributed by atoms with E-state index in [1.807, 2.05) is 0 Å². The van der Waals surface area contributed by atoms with Crippen LogP contribution in [0.1, 0.15) is 24.8 Å². The first-order chi connectivity index (χ1) is 9.62. The summed E-state index contributed by atoms with van der Waals surface area (Å²) in [6, 6.07) is 6.76. The van der Waals surface area contributed by atoms with Crippen molar-refractivity contribution < 1.29 is 13.2 Å². The molecule has 1 heterocycles. The number of rotatable bonds is 5. The topological polar surface area (TPSA) is 81.4 Å². The lowest BCUT2D eigenvalue weighted by Crippen LogP contribution is -2.41. The SMILES string of the molecule is NCc1ccccc1S(=O)(=O)NC1CCOC1C1CC1. The maximum absolute atomic E-state index is 12.5. The predicted octanol–water partition coefficient (Wildman–Crippen LogP) is 0.991. The molecule has 1 saturated heterocycles. The molecule has 1 aromatic rings. The molecule has 0 spiro atoms. The van der Waals surface area contributed by atoms with Crippen LogP contribution in [-0.4, -0.2) is 27.2 Å². The highest BCUT2D eigenvalue weighted by molar-refractivity contribution is 7.89. The van der Waals surface area contributed by atoms with Crippen molar-refractivity contribution in [3.8, 4) is 0 Å². The number of benzene rings is 1. The minimum absolute atomic E-state index is 0.0369. The predicted molar refractivity (Wildman–Crippen MR) is 75.5 cm³/mol. The Labute approximate surface area is 119 Å². The minimum Gasteiger partial charge on any atom is -0.376 e. The lowest BCUT2D eigenvalue weighted by Gasteiger charge is -2.20. The highest BCUT2D eigenvalue weighted by Crippen LogP contribution is 2.39. The molecule has 1 aliphatic carbocycles. The van der Waals surface area contributed by atoms with Crippen LogP contribution in [0.3, 0.4) is 0 Å². The number of nitrogens with two attached hydrogens (primary N) is 1. The van der Waals surface area contributed by atoms with Crippen molar-refractivity contribution >= 4 is 10.0 Å². The zero-order valence-electron chi connectivity index (χ0n) is 11.3. The highest BCUT2D eigenvalue weighted by Gasteiger charge is 2.42. The Kier molecular flexibility index (Phi) is 3.81. The molecule has 20 heavy (non-hydrogen) atoms. The zero-order valence-corrected chi connectivity index (χ0v) is 12.1. The molecule has 110 valence electrons. The number of hydrogen-bond donors (Lipinski definition) is 2. The second-order valence-corrected chi connectivity index (χ2v) is 7.18. The molecule has 1 saturated carbocycles. The third-order valence-electron chi connectivity index (χ3n) is 4.01. The van der Waals surface area contributed by atoms with Gasteiger partial charge >= 0.3 is 0 Å². The zero-order chi connectivity index (χ0) is 14.2. The molecule has 2 atom stereocenters. The van der Waals surface area contributed by atoms with E-state index in [4.69, 9.17) is 10.5 Å². The van der Waals surface area contributed by atoms with Crippen LogP contribution >= 0.6 is 0 Å². The number of hydrogen-bond acceptors (Lipinski definition) is 4. The third-order valence-corrected chi connectivity index (χ3v) is 5.60. The van der Waals surface area contributed by atoms with Gasteiger partial charge in [-0.15, -0.1) is 0 Å². The quantitative estimate of drug-likeness (QED) is 0.849. The van der Waals surface area contributed by atoms with Gasteiger partial charge < -0.3 is 10.5 Å². The van der Waals surface area contributed by atoms with Crippen molar-refractivity contribution in [1.29, 1.82) is 0 Å². The van der Waals surface area contributed by atoms with Gasteiger partial charge in [-0.3, -0.25) is 0 Å². The van der Waals surface area contributed by atoms with E-state index in [1.165, 1.54) is 0 Å². The van der Waals surface area contributed by atoms with Gasteiger partial charge in [0.15, 0.2) is 0 Å². The summed E-state index contributed by atoms with van der Waals surface area (Å²) in [5.41, 5.74) is 6.26. The molecule has 3 rings (SSSR count). The van der Waals surface area contributed by atoms with Crippen LogP contribution in [0.4, 0.5) is 0 Å². The Morgan fingerprint density at radius 1 is 1.25 bits per heavy atom. The van der Waals surface area contributed by atoms with Crippen molar-refractivity contribution in [3.05, 3.63) is 29.8 Å². The average Bonchev–Trinajstić information content (AvgIpc) is 3.19. The van der Waals surface area contributed by atoms with Gasteiger partial charge in [-0.2, -0.15) is 0 Å². The molecule has 2 aliphatic rings.